The van der Waals surface area contributed by atoms with Crippen LogP contribution in [0, 0.1) is 0 Å². The van der Waals surface area contributed by atoms with E-state index in [9.17, 15) is 4.79 Å². The van der Waals surface area contributed by atoms with Crippen LogP contribution in [0.15, 0.2) is 32.3 Å². The molecule has 0 spiro atoms. The summed E-state index contributed by atoms with van der Waals surface area (Å²) in [6.45, 7) is 4.82. The highest BCUT2D eigenvalue weighted by Gasteiger charge is 2.09. The second-order valence-corrected chi connectivity index (χ2v) is 7.22. The first-order chi connectivity index (χ1) is 11.5. The van der Waals surface area contributed by atoms with Gasteiger partial charge in [0, 0.05) is 6.42 Å². The molecule has 1 aromatic carbocycles. The number of carboxylic acids is 1. The number of halogens is 1. The van der Waals surface area contributed by atoms with Crippen molar-refractivity contribution in [3.63, 3.8) is 0 Å². The molecule has 1 heterocycles. The number of nitrogens with zero attached hydrogens (tertiary/aromatic N) is 2. The molecule has 0 saturated carbocycles. The van der Waals surface area contributed by atoms with Crippen LogP contribution < -0.4 is 4.74 Å². The molecule has 0 saturated heterocycles. The van der Waals surface area contributed by atoms with Crippen LogP contribution in [0.2, 0.25) is 0 Å². The number of aliphatic carboxylic acids is 1. The van der Waals surface area contributed by atoms with Gasteiger partial charge in [-0.3, -0.25) is 4.79 Å². The Kier molecular flexibility index (Phi) is 7.11. The van der Waals surface area contributed by atoms with Crippen molar-refractivity contribution >= 4 is 33.7 Å². The first-order valence-electron chi connectivity index (χ1n) is 7.55. The van der Waals surface area contributed by atoms with Gasteiger partial charge in [0.05, 0.1) is 11.1 Å². The molecule has 0 amide bonds. The number of carboxylic acid groups (broad SMARTS) is 1. The lowest BCUT2D eigenvalue weighted by molar-refractivity contribution is -0.133. The van der Waals surface area contributed by atoms with Crippen LogP contribution >= 0.6 is 27.7 Å². The van der Waals surface area contributed by atoms with E-state index in [-0.39, 0.29) is 11.0 Å². The Bertz CT molecular complexity index is 690. The van der Waals surface area contributed by atoms with Gasteiger partial charge in [0.25, 0.3) is 5.22 Å². The van der Waals surface area contributed by atoms with Gasteiger partial charge in [-0.1, -0.05) is 31.7 Å². The summed E-state index contributed by atoms with van der Waals surface area (Å²) in [5, 5.41) is 16.6. The Morgan fingerprint density at radius 1 is 1.42 bits per heavy atom. The fraction of sp³-hybridized carbons (Fsp3) is 0.438. The van der Waals surface area contributed by atoms with Crippen molar-refractivity contribution in [2.75, 3.05) is 12.4 Å². The number of carbonyl (C=O) groups is 1. The van der Waals surface area contributed by atoms with Gasteiger partial charge in [0.15, 0.2) is 0 Å². The third kappa shape index (κ3) is 5.83. The molecule has 2 rings (SSSR count). The number of aromatic nitrogens is 2. The second-order valence-electron chi connectivity index (χ2n) is 5.44. The average Bonchev–Trinajstić information content (AvgIpc) is 2.98. The van der Waals surface area contributed by atoms with Crippen molar-refractivity contribution in [1.29, 1.82) is 0 Å². The lowest BCUT2D eigenvalue weighted by Crippen LogP contribution is -2.00. The zero-order valence-electron chi connectivity index (χ0n) is 13.5. The molecule has 0 fully saturated rings. The normalized spacial score (nSPS) is 11.0. The molecule has 0 radical (unpaired) electrons. The standard InChI is InChI=1S/C16H19BrN2O4S/c1-10(2)11-5-6-13(12(17)8-11)22-7-3-4-14-18-19-16(23-14)24-9-15(20)21/h5-6,8,10H,3-4,7,9H2,1-2H3,(H,20,21). The molecular formula is C16H19BrN2O4S. The SMILES string of the molecule is CC(C)c1ccc(OCCCc2nnc(SCC(=O)O)o2)c(Br)c1. The van der Waals surface area contributed by atoms with E-state index in [1.54, 1.807) is 0 Å². The zero-order valence-corrected chi connectivity index (χ0v) is 15.9. The van der Waals surface area contributed by atoms with Crippen molar-refractivity contribution in [2.45, 2.75) is 37.8 Å². The Balaban J connectivity index is 1.76. The molecule has 0 aliphatic carbocycles. The van der Waals surface area contributed by atoms with Crippen LogP contribution in [-0.4, -0.2) is 33.6 Å². The number of thioether (sulfide) groups is 1. The third-order valence-corrected chi connectivity index (χ3v) is 4.61. The number of benzene rings is 1. The lowest BCUT2D eigenvalue weighted by atomic mass is 10.0. The number of hydrogen-bond acceptors (Lipinski definition) is 6. The highest BCUT2D eigenvalue weighted by Crippen LogP contribution is 2.29. The molecule has 130 valence electrons. The maximum Gasteiger partial charge on any atom is 0.314 e. The predicted octanol–water partition coefficient (Wildman–Crippen LogP) is 4.14. The van der Waals surface area contributed by atoms with Crippen LogP contribution in [0.25, 0.3) is 0 Å². The van der Waals surface area contributed by atoms with Crippen LogP contribution in [-0.2, 0) is 11.2 Å². The van der Waals surface area contributed by atoms with E-state index in [4.69, 9.17) is 14.3 Å². The zero-order chi connectivity index (χ0) is 17.5. The molecule has 6 nitrogen and oxygen atoms in total. The highest BCUT2D eigenvalue weighted by atomic mass is 79.9. The first kappa shape index (κ1) is 18.8. The van der Waals surface area contributed by atoms with Crippen LogP contribution in [0.3, 0.4) is 0 Å². The van der Waals surface area contributed by atoms with E-state index in [1.807, 2.05) is 6.07 Å². The summed E-state index contributed by atoms with van der Waals surface area (Å²) in [5.74, 6) is 0.761. The van der Waals surface area contributed by atoms with E-state index in [0.717, 1.165) is 28.4 Å². The van der Waals surface area contributed by atoms with E-state index >= 15 is 0 Å². The summed E-state index contributed by atoms with van der Waals surface area (Å²) in [5.41, 5.74) is 1.26. The number of aryl methyl sites for hydroxylation is 1. The summed E-state index contributed by atoms with van der Waals surface area (Å²) >= 11 is 4.54. The lowest BCUT2D eigenvalue weighted by Gasteiger charge is -2.11. The predicted molar refractivity (Wildman–Crippen MR) is 94.7 cm³/mol. The Labute approximate surface area is 153 Å². The number of ether oxygens (including phenoxy) is 1. The van der Waals surface area contributed by atoms with Crippen molar-refractivity contribution in [1.82, 2.24) is 10.2 Å². The van der Waals surface area contributed by atoms with Gasteiger partial charge in [-0.25, -0.2) is 0 Å². The monoisotopic (exact) mass is 414 g/mol. The van der Waals surface area contributed by atoms with E-state index in [0.29, 0.717) is 24.8 Å². The summed E-state index contributed by atoms with van der Waals surface area (Å²) in [6, 6.07) is 6.10. The number of rotatable bonds is 9. The molecule has 0 aliphatic rings. The minimum Gasteiger partial charge on any atom is -0.492 e. The van der Waals surface area contributed by atoms with Crippen molar-refractivity contribution in [3.05, 3.63) is 34.1 Å². The number of hydrogen-bond donors (Lipinski definition) is 1. The molecule has 0 bridgehead atoms. The minimum atomic E-state index is -0.915. The third-order valence-electron chi connectivity index (χ3n) is 3.18. The smallest absolute Gasteiger partial charge is 0.314 e. The summed E-state index contributed by atoms with van der Waals surface area (Å²) in [4.78, 5) is 10.5. The molecule has 0 atom stereocenters. The Hall–Kier alpha value is -1.54. The van der Waals surface area contributed by atoms with E-state index in [1.165, 1.54) is 5.56 Å². The fourth-order valence-corrected chi connectivity index (χ4v) is 2.93. The minimum absolute atomic E-state index is 0.0921. The molecule has 2 aromatic rings. The molecular weight excluding hydrogens is 396 g/mol. The molecule has 24 heavy (non-hydrogen) atoms. The highest BCUT2D eigenvalue weighted by molar-refractivity contribution is 9.10. The van der Waals surface area contributed by atoms with Crippen LogP contribution in [0.4, 0.5) is 0 Å². The van der Waals surface area contributed by atoms with Gasteiger partial charge in [0.2, 0.25) is 5.89 Å². The van der Waals surface area contributed by atoms with E-state index in [2.05, 4.69) is 52.1 Å². The topological polar surface area (TPSA) is 85.5 Å². The van der Waals surface area contributed by atoms with E-state index < -0.39 is 5.97 Å². The van der Waals surface area contributed by atoms with Crippen LogP contribution in [0.5, 0.6) is 5.75 Å². The molecule has 8 heteroatoms. The quantitative estimate of drug-likeness (QED) is 0.487. The molecule has 0 aliphatic heterocycles. The van der Waals surface area contributed by atoms with Gasteiger partial charge in [-0.2, -0.15) is 0 Å². The maximum absolute atomic E-state index is 10.5. The largest absolute Gasteiger partial charge is 0.492 e. The average molecular weight is 415 g/mol. The summed E-state index contributed by atoms with van der Waals surface area (Å²) in [7, 11) is 0. The van der Waals surface area contributed by atoms with Gasteiger partial charge in [-0.05, 0) is 46.0 Å². The Morgan fingerprint density at radius 3 is 2.88 bits per heavy atom. The summed E-state index contributed by atoms with van der Waals surface area (Å²) in [6.07, 6.45) is 1.31. The van der Waals surface area contributed by atoms with Gasteiger partial charge >= 0.3 is 5.97 Å². The Morgan fingerprint density at radius 2 is 2.21 bits per heavy atom. The molecule has 0 unspecified atom stereocenters. The van der Waals surface area contributed by atoms with Gasteiger partial charge < -0.3 is 14.3 Å². The molecule has 1 N–H and O–H groups in total. The van der Waals surface area contributed by atoms with Crippen molar-refractivity contribution in [3.8, 4) is 5.75 Å². The maximum atomic E-state index is 10.5. The fourth-order valence-electron chi connectivity index (χ4n) is 1.92. The van der Waals surface area contributed by atoms with Crippen molar-refractivity contribution in [2.24, 2.45) is 0 Å². The first-order valence-corrected chi connectivity index (χ1v) is 9.32. The molecule has 1 aromatic heterocycles. The second kappa shape index (κ2) is 9.08. The van der Waals surface area contributed by atoms with Gasteiger partial charge in [0.1, 0.15) is 11.5 Å². The van der Waals surface area contributed by atoms with Gasteiger partial charge in [-0.15, -0.1) is 10.2 Å². The van der Waals surface area contributed by atoms with Crippen LogP contribution in [0.1, 0.15) is 37.6 Å². The summed E-state index contributed by atoms with van der Waals surface area (Å²) < 4.78 is 12.1. The van der Waals surface area contributed by atoms with Crippen molar-refractivity contribution < 1.29 is 19.1 Å².